The third-order valence-corrected chi connectivity index (χ3v) is 3.06. The Bertz CT molecular complexity index is 812. The number of benzene rings is 2. The fourth-order valence-electron chi connectivity index (χ4n) is 1.76. The zero-order valence-electron chi connectivity index (χ0n) is 12.0. The van der Waals surface area contributed by atoms with Crippen molar-refractivity contribution >= 4 is 34.9 Å². The van der Waals surface area contributed by atoms with Gasteiger partial charge in [0.25, 0.3) is 11.6 Å². The summed E-state index contributed by atoms with van der Waals surface area (Å²) in [5.74, 6) is -2.61. The van der Waals surface area contributed by atoms with Gasteiger partial charge in [0, 0.05) is 22.8 Å². The minimum absolute atomic E-state index is 0.143. The van der Waals surface area contributed by atoms with Gasteiger partial charge in [-0.05, 0) is 24.3 Å². The molecule has 0 bridgehead atoms. The van der Waals surface area contributed by atoms with Crippen LogP contribution in [0.15, 0.2) is 42.5 Å². The first-order valence-corrected chi connectivity index (χ1v) is 6.91. The largest absolute Gasteiger partial charge is 0.452 e. The van der Waals surface area contributed by atoms with Crippen molar-refractivity contribution in [2.75, 3.05) is 11.9 Å². The number of hydrogen-bond acceptors (Lipinski definition) is 5. The molecule has 1 amide bonds. The van der Waals surface area contributed by atoms with Crippen LogP contribution < -0.4 is 5.32 Å². The van der Waals surface area contributed by atoms with Crippen molar-refractivity contribution in [3.63, 3.8) is 0 Å². The standard InChI is InChI=1S/C15H10ClFN2O5/c16-9-4-5-13(17)12(6-9)15(21)24-8-14(20)18-10-2-1-3-11(7-10)19(22)23/h1-7H,8H2,(H,18,20). The van der Waals surface area contributed by atoms with Crippen LogP contribution >= 0.6 is 11.6 Å². The number of nitro groups is 1. The predicted molar refractivity (Wildman–Crippen MR) is 83.4 cm³/mol. The number of amides is 1. The van der Waals surface area contributed by atoms with E-state index in [1.165, 1.54) is 24.3 Å². The van der Waals surface area contributed by atoms with E-state index in [2.05, 4.69) is 5.32 Å². The topological polar surface area (TPSA) is 98.5 Å². The molecule has 0 saturated carbocycles. The lowest BCUT2D eigenvalue weighted by molar-refractivity contribution is -0.384. The molecule has 24 heavy (non-hydrogen) atoms. The molecule has 9 heteroatoms. The summed E-state index contributed by atoms with van der Waals surface area (Å²) in [5, 5.41) is 13.1. The predicted octanol–water partition coefficient (Wildman–Crippen LogP) is 3.18. The number of halogens is 2. The lowest BCUT2D eigenvalue weighted by atomic mass is 10.2. The normalized spacial score (nSPS) is 10.1. The zero-order valence-corrected chi connectivity index (χ0v) is 12.7. The summed E-state index contributed by atoms with van der Waals surface area (Å²) in [7, 11) is 0. The molecule has 0 aliphatic carbocycles. The first-order chi connectivity index (χ1) is 11.4. The monoisotopic (exact) mass is 352 g/mol. The summed E-state index contributed by atoms with van der Waals surface area (Å²) < 4.78 is 18.2. The summed E-state index contributed by atoms with van der Waals surface area (Å²) >= 11 is 5.66. The van der Waals surface area contributed by atoms with Crippen molar-refractivity contribution < 1.29 is 23.6 Å². The first-order valence-electron chi connectivity index (χ1n) is 6.53. The Morgan fingerprint density at radius 2 is 2.00 bits per heavy atom. The van der Waals surface area contributed by atoms with Gasteiger partial charge in [-0.2, -0.15) is 0 Å². The summed E-state index contributed by atoms with van der Waals surface area (Å²) in [6.07, 6.45) is 0. The molecule has 0 heterocycles. The smallest absolute Gasteiger partial charge is 0.341 e. The van der Waals surface area contributed by atoms with Gasteiger partial charge in [-0.3, -0.25) is 14.9 Å². The molecule has 2 aromatic rings. The number of anilines is 1. The van der Waals surface area contributed by atoms with Gasteiger partial charge in [-0.1, -0.05) is 17.7 Å². The molecule has 0 aliphatic rings. The Balaban J connectivity index is 1.96. The average molecular weight is 353 g/mol. The molecule has 0 fully saturated rings. The molecule has 1 N–H and O–H groups in total. The van der Waals surface area contributed by atoms with E-state index in [0.29, 0.717) is 0 Å². The number of carbonyl (C=O) groups excluding carboxylic acids is 2. The molecule has 124 valence electrons. The highest BCUT2D eigenvalue weighted by atomic mass is 35.5. The lowest BCUT2D eigenvalue weighted by Gasteiger charge is -2.07. The maximum Gasteiger partial charge on any atom is 0.341 e. The Morgan fingerprint density at radius 3 is 2.71 bits per heavy atom. The molecular weight excluding hydrogens is 343 g/mol. The summed E-state index contributed by atoms with van der Waals surface area (Å²) in [6, 6.07) is 8.58. The van der Waals surface area contributed by atoms with Crippen LogP contribution in [-0.4, -0.2) is 23.4 Å². The molecule has 0 aromatic heterocycles. The maximum atomic E-state index is 13.5. The van der Waals surface area contributed by atoms with Gasteiger partial charge in [-0.25, -0.2) is 9.18 Å². The molecular formula is C15H10ClFN2O5. The van der Waals surface area contributed by atoms with Gasteiger partial charge >= 0.3 is 5.97 Å². The van der Waals surface area contributed by atoms with Crippen LogP contribution in [-0.2, 0) is 9.53 Å². The highest BCUT2D eigenvalue weighted by Gasteiger charge is 2.16. The van der Waals surface area contributed by atoms with Crippen molar-refractivity contribution in [2.45, 2.75) is 0 Å². The van der Waals surface area contributed by atoms with E-state index >= 15 is 0 Å². The van der Waals surface area contributed by atoms with E-state index in [1.54, 1.807) is 0 Å². The van der Waals surface area contributed by atoms with Crippen LogP contribution in [0.1, 0.15) is 10.4 Å². The highest BCUT2D eigenvalue weighted by molar-refractivity contribution is 6.30. The van der Waals surface area contributed by atoms with Gasteiger partial charge < -0.3 is 10.1 Å². The Kier molecular flexibility index (Phi) is 5.43. The van der Waals surface area contributed by atoms with Crippen molar-refractivity contribution in [1.82, 2.24) is 0 Å². The third-order valence-electron chi connectivity index (χ3n) is 2.82. The van der Waals surface area contributed by atoms with Crippen LogP contribution in [0.4, 0.5) is 15.8 Å². The van der Waals surface area contributed by atoms with Gasteiger partial charge in [-0.15, -0.1) is 0 Å². The quantitative estimate of drug-likeness (QED) is 0.506. The van der Waals surface area contributed by atoms with Crippen molar-refractivity contribution in [1.29, 1.82) is 0 Å². The minimum Gasteiger partial charge on any atom is -0.452 e. The molecule has 2 aromatic carbocycles. The van der Waals surface area contributed by atoms with Gasteiger partial charge in [0.1, 0.15) is 5.82 Å². The van der Waals surface area contributed by atoms with Crippen LogP contribution in [0.5, 0.6) is 0 Å². The second kappa shape index (κ2) is 7.51. The number of hydrogen-bond donors (Lipinski definition) is 1. The third kappa shape index (κ3) is 4.50. The van der Waals surface area contributed by atoms with Gasteiger partial charge in [0.05, 0.1) is 10.5 Å². The fraction of sp³-hybridized carbons (Fsp3) is 0.0667. The Morgan fingerprint density at radius 1 is 1.25 bits per heavy atom. The molecule has 0 spiro atoms. The average Bonchev–Trinajstić information content (AvgIpc) is 2.55. The molecule has 0 aliphatic heterocycles. The Hall–Kier alpha value is -3.00. The van der Waals surface area contributed by atoms with Crippen LogP contribution in [0.3, 0.4) is 0 Å². The highest BCUT2D eigenvalue weighted by Crippen LogP contribution is 2.17. The van der Waals surface area contributed by atoms with Crippen molar-refractivity contribution in [3.05, 3.63) is 69.0 Å². The number of nitrogens with zero attached hydrogens (tertiary/aromatic N) is 1. The van der Waals surface area contributed by atoms with E-state index in [-0.39, 0.29) is 16.4 Å². The summed E-state index contributed by atoms with van der Waals surface area (Å²) in [4.78, 5) is 33.5. The van der Waals surface area contributed by atoms with Crippen LogP contribution in [0, 0.1) is 15.9 Å². The first kappa shape index (κ1) is 17.4. The maximum absolute atomic E-state index is 13.5. The summed E-state index contributed by atoms with van der Waals surface area (Å²) in [5.41, 5.74) is -0.435. The fourth-order valence-corrected chi connectivity index (χ4v) is 1.93. The number of ether oxygens (including phenoxy) is 1. The number of esters is 1. The van der Waals surface area contributed by atoms with E-state index in [9.17, 15) is 24.1 Å². The van der Waals surface area contributed by atoms with E-state index < -0.39 is 34.8 Å². The minimum atomic E-state index is -1.05. The molecule has 2 rings (SSSR count). The molecule has 0 atom stereocenters. The lowest BCUT2D eigenvalue weighted by Crippen LogP contribution is -2.21. The molecule has 0 saturated heterocycles. The van der Waals surface area contributed by atoms with Crippen LogP contribution in [0.2, 0.25) is 5.02 Å². The zero-order chi connectivity index (χ0) is 17.7. The second-order valence-electron chi connectivity index (χ2n) is 4.56. The number of nitrogens with one attached hydrogen (secondary N) is 1. The van der Waals surface area contributed by atoms with E-state index in [1.807, 2.05) is 0 Å². The summed E-state index contributed by atoms with van der Waals surface area (Å²) in [6.45, 7) is -0.687. The molecule has 7 nitrogen and oxygen atoms in total. The number of carbonyl (C=O) groups is 2. The number of non-ortho nitro benzene ring substituents is 1. The number of nitro benzene ring substituents is 1. The van der Waals surface area contributed by atoms with E-state index in [4.69, 9.17) is 16.3 Å². The SMILES string of the molecule is O=C(COC(=O)c1cc(Cl)ccc1F)Nc1cccc([N+](=O)[O-])c1. The van der Waals surface area contributed by atoms with Gasteiger partial charge in [0.15, 0.2) is 6.61 Å². The second-order valence-corrected chi connectivity index (χ2v) is 4.99. The Labute approximate surface area is 140 Å². The van der Waals surface area contributed by atoms with Gasteiger partial charge in [0.2, 0.25) is 0 Å². The van der Waals surface area contributed by atoms with Crippen molar-refractivity contribution in [2.24, 2.45) is 0 Å². The molecule has 0 unspecified atom stereocenters. The van der Waals surface area contributed by atoms with Crippen LogP contribution in [0.25, 0.3) is 0 Å². The van der Waals surface area contributed by atoms with E-state index in [0.717, 1.165) is 18.2 Å². The van der Waals surface area contributed by atoms with Crippen molar-refractivity contribution in [3.8, 4) is 0 Å². The number of rotatable bonds is 5. The molecule has 0 radical (unpaired) electrons.